The predicted molar refractivity (Wildman–Crippen MR) is 93.9 cm³/mol. The third-order valence-electron chi connectivity index (χ3n) is 2.91. The molecule has 130 valence electrons. The minimum atomic E-state index is -3.84. The average molecular weight is 389 g/mol. The van der Waals surface area contributed by atoms with Crippen molar-refractivity contribution in [3.8, 4) is 11.5 Å². The summed E-state index contributed by atoms with van der Waals surface area (Å²) in [5, 5.41) is 39.3. The van der Waals surface area contributed by atoms with Gasteiger partial charge in [0.15, 0.2) is 17.8 Å². The Kier molecular flexibility index (Phi) is 5.78. The van der Waals surface area contributed by atoms with E-state index in [1.54, 1.807) is 17.7 Å². The number of aromatic hydroxyl groups is 2. The number of nitrogens with one attached hydrogen (secondary N) is 1. The molecule has 0 amide bonds. The van der Waals surface area contributed by atoms with Gasteiger partial charge in [-0.25, -0.2) is 8.42 Å². The molecule has 7 nitrogen and oxygen atoms in total. The van der Waals surface area contributed by atoms with Crippen molar-refractivity contribution in [3.63, 3.8) is 0 Å². The maximum absolute atomic E-state index is 12.4. The molecule has 1 aromatic carbocycles. The van der Waals surface area contributed by atoms with Crippen LogP contribution in [0.2, 0.25) is 0 Å². The van der Waals surface area contributed by atoms with Gasteiger partial charge in [0.25, 0.3) is 10.0 Å². The summed E-state index contributed by atoms with van der Waals surface area (Å²) in [6, 6.07) is 4.13. The smallest absolute Gasteiger partial charge is 0.271 e. The van der Waals surface area contributed by atoms with E-state index in [1.807, 2.05) is 0 Å². The predicted octanol–water partition coefficient (Wildman–Crippen LogP) is 2.01. The number of thiophene rings is 1. The van der Waals surface area contributed by atoms with Crippen molar-refractivity contribution >= 4 is 44.9 Å². The van der Waals surface area contributed by atoms with Crippen molar-refractivity contribution in [1.82, 2.24) is 0 Å². The molecule has 0 saturated heterocycles. The second kappa shape index (κ2) is 7.45. The minimum absolute atomic E-state index is 0.0679. The van der Waals surface area contributed by atoms with Crippen LogP contribution in [0.4, 0.5) is 5.69 Å². The SMILES string of the molecule is CSc1c(NS(=O)(=O)c2cccs2)cc(O)c(O)c1/C=C/C(O)O. The Hall–Kier alpha value is -1.72. The van der Waals surface area contributed by atoms with E-state index < -0.39 is 27.8 Å². The zero-order valence-electron chi connectivity index (χ0n) is 12.4. The standard InChI is InChI=1S/C14H15NO6S3/c1-22-14-8(4-5-11(17)18)13(19)10(16)7-9(14)15-24(20,21)12-3-2-6-23-12/h2-7,11,15-19H,1H3/b5-4+. The molecule has 0 unspecified atom stereocenters. The van der Waals surface area contributed by atoms with Gasteiger partial charge in [0, 0.05) is 16.5 Å². The molecule has 0 bridgehead atoms. The minimum Gasteiger partial charge on any atom is -0.504 e. The monoisotopic (exact) mass is 389 g/mol. The normalized spacial score (nSPS) is 12.2. The Balaban J connectivity index is 2.55. The largest absolute Gasteiger partial charge is 0.504 e. The van der Waals surface area contributed by atoms with Gasteiger partial charge < -0.3 is 20.4 Å². The average Bonchev–Trinajstić information content (AvgIpc) is 3.04. The number of aliphatic hydroxyl groups excluding tert-OH is 1. The number of thioether (sulfide) groups is 1. The molecule has 2 aromatic rings. The molecule has 0 aliphatic heterocycles. The summed E-state index contributed by atoms with van der Waals surface area (Å²) in [5.41, 5.74) is 0.137. The highest BCUT2D eigenvalue weighted by atomic mass is 32.2. The maximum atomic E-state index is 12.4. The van der Waals surface area contributed by atoms with E-state index in [-0.39, 0.29) is 15.5 Å². The fraction of sp³-hybridized carbons (Fsp3) is 0.143. The number of benzene rings is 1. The first kappa shape index (κ1) is 18.6. The van der Waals surface area contributed by atoms with Gasteiger partial charge in [0.2, 0.25) is 0 Å². The van der Waals surface area contributed by atoms with Crippen LogP contribution in [0.15, 0.2) is 38.8 Å². The van der Waals surface area contributed by atoms with Gasteiger partial charge in [-0.05, 0) is 29.9 Å². The van der Waals surface area contributed by atoms with Gasteiger partial charge in [-0.1, -0.05) is 6.07 Å². The molecule has 1 heterocycles. The van der Waals surface area contributed by atoms with Crippen LogP contribution in [0.1, 0.15) is 5.56 Å². The quantitative estimate of drug-likeness (QED) is 0.221. The lowest BCUT2D eigenvalue weighted by Gasteiger charge is -2.15. The van der Waals surface area contributed by atoms with E-state index in [4.69, 9.17) is 10.2 Å². The van der Waals surface area contributed by atoms with Crippen LogP contribution in [-0.2, 0) is 10.0 Å². The van der Waals surface area contributed by atoms with Crippen LogP contribution >= 0.6 is 23.1 Å². The second-order valence-corrected chi connectivity index (χ2v) is 8.22. The van der Waals surface area contributed by atoms with Crippen LogP contribution in [0, 0.1) is 0 Å². The zero-order chi connectivity index (χ0) is 17.9. The van der Waals surface area contributed by atoms with E-state index in [1.165, 1.54) is 12.1 Å². The molecule has 0 aliphatic rings. The lowest BCUT2D eigenvalue weighted by Crippen LogP contribution is -2.12. The summed E-state index contributed by atoms with van der Waals surface area (Å²) in [5.74, 6) is -1.03. The maximum Gasteiger partial charge on any atom is 0.271 e. The van der Waals surface area contributed by atoms with Gasteiger partial charge in [-0.3, -0.25) is 4.72 Å². The van der Waals surface area contributed by atoms with Crippen LogP contribution in [0.5, 0.6) is 11.5 Å². The van der Waals surface area contributed by atoms with Crippen molar-refractivity contribution in [2.24, 2.45) is 0 Å². The lowest BCUT2D eigenvalue weighted by molar-refractivity contribution is 0.00302. The van der Waals surface area contributed by atoms with Gasteiger partial charge >= 0.3 is 0 Å². The summed E-state index contributed by atoms with van der Waals surface area (Å²) < 4.78 is 27.2. The molecule has 0 saturated carbocycles. The summed E-state index contributed by atoms with van der Waals surface area (Å²) in [4.78, 5) is 0.322. The number of sulfonamides is 1. The molecule has 0 atom stereocenters. The Morgan fingerprint density at radius 2 is 2.04 bits per heavy atom. The van der Waals surface area contributed by atoms with Gasteiger partial charge in [0.1, 0.15) is 4.21 Å². The van der Waals surface area contributed by atoms with Crippen molar-refractivity contribution in [2.75, 3.05) is 11.0 Å². The molecule has 0 spiro atoms. The first-order valence-corrected chi connectivity index (χ1v) is 10.1. The Morgan fingerprint density at radius 1 is 1.33 bits per heavy atom. The highest BCUT2D eigenvalue weighted by molar-refractivity contribution is 7.99. The van der Waals surface area contributed by atoms with Crippen LogP contribution in [-0.4, -0.2) is 41.4 Å². The molecular weight excluding hydrogens is 374 g/mol. The van der Waals surface area contributed by atoms with Gasteiger partial charge in [-0.2, -0.15) is 0 Å². The number of hydrogen-bond donors (Lipinski definition) is 5. The van der Waals surface area contributed by atoms with E-state index >= 15 is 0 Å². The second-order valence-electron chi connectivity index (χ2n) is 4.55. The van der Waals surface area contributed by atoms with Crippen molar-refractivity contribution < 1.29 is 28.8 Å². The molecule has 0 aliphatic carbocycles. The van der Waals surface area contributed by atoms with E-state index in [2.05, 4.69) is 4.72 Å². The Morgan fingerprint density at radius 3 is 2.58 bits per heavy atom. The molecule has 1 aromatic heterocycles. The van der Waals surface area contributed by atoms with E-state index in [9.17, 15) is 18.6 Å². The van der Waals surface area contributed by atoms with Gasteiger partial charge in [0.05, 0.1) is 5.69 Å². The third-order valence-corrected chi connectivity index (χ3v) is 6.52. The number of aliphatic hydroxyl groups is 2. The highest BCUT2D eigenvalue weighted by Gasteiger charge is 2.21. The molecule has 5 N–H and O–H groups in total. The van der Waals surface area contributed by atoms with E-state index in [0.717, 1.165) is 35.2 Å². The number of anilines is 1. The number of phenols is 2. The van der Waals surface area contributed by atoms with Crippen LogP contribution in [0.3, 0.4) is 0 Å². The fourth-order valence-corrected chi connectivity index (χ4v) is 4.74. The molecule has 2 rings (SSSR count). The first-order valence-electron chi connectivity index (χ1n) is 6.50. The summed E-state index contributed by atoms with van der Waals surface area (Å²) >= 11 is 2.16. The highest BCUT2D eigenvalue weighted by Crippen LogP contribution is 2.43. The Bertz CT molecular complexity index is 844. The third kappa shape index (κ3) is 4.02. The number of phenolic OH excluding ortho intramolecular Hbond substituents is 2. The molecule has 0 radical (unpaired) electrons. The van der Waals surface area contributed by atoms with E-state index in [0.29, 0.717) is 4.90 Å². The van der Waals surface area contributed by atoms with Crippen LogP contribution in [0.25, 0.3) is 6.08 Å². The number of rotatable bonds is 6. The fourth-order valence-electron chi connectivity index (χ4n) is 1.91. The van der Waals surface area contributed by atoms with Crippen molar-refractivity contribution in [3.05, 3.63) is 35.2 Å². The molecule has 24 heavy (non-hydrogen) atoms. The van der Waals surface area contributed by atoms with Crippen LogP contribution < -0.4 is 4.72 Å². The zero-order valence-corrected chi connectivity index (χ0v) is 14.8. The topological polar surface area (TPSA) is 127 Å². The van der Waals surface area contributed by atoms with Crippen molar-refractivity contribution in [2.45, 2.75) is 15.4 Å². The lowest BCUT2D eigenvalue weighted by atomic mass is 10.1. The van der Waals surface area contributed by atoms with Crippen molar-refractivity contribution in [1.29, 1.82) is 0 Å². The Labute approximate surface area is 147 Å². The summed E-state index contributed by atoms with van der Waals surface area (Å²) in [7, 11) is -3.84. The molecule has 0 fully saturated rings. The number of hydrogen-bond acceptors (Lipinski definition) is 8. The molecule has 10 heteroatoms. The molecular formula is C14H15NO6S3. The summed E-state index contributed by atoms with van der Waals surface area (Å²) in [6.45, 7) is 0. The van der Waals surface area contributed by atoms with Gasteiger partial charge in [-0.15, -0.1) is 23.1 Å². The summed E-state index contributed by atoms with van der Waals surface area (Å²) in [6.07, 6.45) is 2.06. The first-order chi connectivity index (χ1) is 11.3.